The maximum absolute atomic E-state index is 13.8. The highest BCUT2D eigenvalue weighted by Crippen LogP contribution is 2.61. The van der Waals surface area contributed by atoms with E-state index in [0.717, 1.165) is 51.6 Å². The van der Waals surface area contributed by atoms with Crippen molar-refractivity contribution in [2.45, 2.75) is 37.5 Å². The Bertz CT molecular complexity index is 2480. The van der Waals surface area contributed by atoms with Crippen LogP contribution in [0.15, 0.2) is 58.7 Å². The summed E-state index contributed by atoms with van der Waals surface area (Å²) in [6.07, 6.45) is 8.51. The molecule has 0 amide bonds. The molecule has 4 aliphatic carbocycles. The molecule has 250 valence electrons. The third-order valence-electron chi connectivity index (χ3n) is 10.1. The lowest BCUT2D eigenvalue weighted by Gasteiger charge is -2.34. The summed E-state index contributed by atoms with van der Waals surface area (Å²) in [4.78, 5) is 31.3. The van der Waals surface area contributed by atoms with Gasteiger partial charge in [-0.3, -0.25) is 9.59 Å². The minimum Gasteiger partial charge on any atom is -0.289 e. The predicted octanol–water partition coefficient (Wildman–Crippen LogP) is 11.8. The Morgan fingerprint density at radius 1 is 0.577 bits per heavy atom. The van der Waals surface area contributed by atoms with Crippen molar-refractivity contribution in [3.05, 3.63) is 122 Å². The first-order chi connectivity index (χ1) is 25.0. The summed E-state index contributed by atoms with van der Waals surface area (Å²) < 4.78 is 0. The molecule has 4 aromatic rings. The van der Waals surface area contributed by atoms with E-state index in [9.17, 15) is 30.6 Å². The number of benzene rings is 2. The SMILES string of the molecule is N#CC(C#N)=C1/C(=C/c2cc3c(s2)-c2sc(/C=C4\C(=O)c5cc(Cl)c(Cl)cc5C4=C(C#N)C#N)cc2C32CCCCC2)C(=O)c2cc(Cl)c(Cl)cc21. The van der Waals surface area contributed by atoms with Gasteiger partial charge in [0.1, 0.15) is 35.4 Å². The molecular formula is C40H18Cl4N4O2S2. The summed E-state index contributed by atoms with van der Waals surface area (Å²) in [6, 6.07) is 18.0. The number of carbonyl (C=O) groups is 2. The van der Waals surface area contributed by atoms with Gasteiger partial charge in [-0.25, -0.2) is 0 Å². The van der Waals surface area contributed by atoms with Crippen molar-refractivity contribution in [1.82, 2.24) is 0 Å². The molecule has 2 aromatic carbocycles. The first-order valence-corrected chi connectivity index (χ1v) is 19.1. The van der Waals surface area contributed by atoms with Gasteiger partial charge in [0.25, 0.3) is 0 Å². The van der Waals surface area contributed by atoms with E-state index in [1.807, 2.05) is 24.3 Å². The second-order valence-electron chi connectivity index (χ2n) is 12.8. The lowest BCUT2D eigenvalue weighted by Crippen LogP contribution is -2.27. The molecule has 1 fully saturated rings. The van der Waals surface area contributed by atoms with Crippen LogP contribution in [-0.2, 0) is 5.41 Å². The van der Waals surface area contributed by atoms with Crippen molar-refractivity contribution in [2.75, 3.05) is 0 Å². The Kier molecular flexibility index (Phi) is 8.41. The number of ketones is 2. The van der Waals surface area contributed by atoms with Gasteiger partial charge in [-0.05, 0) is 83.6 Å². The van der Waals surface area contributed by atoms with Gasteiger partial charge in [-0.2, -0.15) is 21.0 Å². The highest BCUT2D eigenvalue weighted by atomic mass is 35.5. The molecule has 0 aliphatic heterocycles. The van der Waals surface area contributed by atoms with Crippen LogP contribution in [0.5, 0.6) is 0 Å². The third kappa shape index (κ3) is 4.99. The molecule has 1 saturated carbocycles. The first-order valence-electron chi connectivity index (χ1n) is 16.0. The van der Waals surface area contributed by atoms with Gasteiger partial charge in [0.2, 0.25) is 0 Å². The van der Waals surface area contributed by atoms with Gasteiger partial charge >= 0.3 is 0 Å². The van der Waals surface area contributed by atoms with Crippen molar-refractivity contribution in [1.29, 1.82) is 21.0 Å². The Balaban J connectivity index is 1.28. The van der Waals surface area contributed by atoms with Crippen LogP contribution in [0.25, 0.3) is 33.1 Å². The van der Waals surface area contributed by atoms with Gasteiger partial charge in [0.15, 0.2) is 11.6 Å². The van der Waals surface area contributed by atoms with Crippen LogP contribution in [0.3, 0.4) is 0 Å². The van der Waals surface area contributed by atoms with E-state index in [-0.39, 0.29) is 81.6 Å². The number of halogens is 4. The fraction of sp³-hybridized carbons (Fsp3) is 0.150. The number of carbonyl (C=O) groups excluding carboxylic acids is 2. The van der Waals surface area contributed by atoms with Crippen molar-refractivity contribution < 1.29 is 9.59 Å². The molecular weight excluding hydrogens is 774 g/mol. The van der Waals surface area contributed by atoms with Gasteiger partial charge < -0.3 is 0 Å². The molecule has 6 nitrogen and oxygen atoms in total. The summed E-state index contributed by atoms with van der Waals surface area (Å²) in [6.45, 7) is 0. The predicted molar refractivity (Wildman–Crippen MR) is 205 cm³/mol. The number of nitrogens with zero attached hydrogens (tertiary/aromatic N) is 4. The number of nitriles is 4. The normalized spacial score (nSPS) is 17.8. The van der Waals surface area contributed by atoms with Crippen LogP contribution in [0, 0.1) is 45.3 Å². The van der Waals surface area contributed by atoms with Crippen molar-refractivity contribution in [3.63, 3.8) is 0 Å². The lowest BCUT2D eigenvalue weighted by molar-refractivity contribution is 0.103. The number of hydrogen-bond donors (Lipinski definition) is 0. The largest absolute Gasteiger partial charge is 0.289 e. The molecule has 0 atom stereocenters. The zero-order chi connectivity index (χ0) is 36.6. The topological polar surface area (TPSA) is 129 Å². The fourth-order valence-corrected chi connectivity index (χ4v) is 11.1. The fourth-order valence-electron chi connectivity index (χ4n) is 7.91. The summed E-state index contributed by atoms with van der Waals surface area (Å²) >= 11 is 28.2. The zero-order valence-electron chi connectivity index (χ0n) is 26.6. The number of allylic oxidation sites excluding steroid dienone is 6. The van der Waals surface area contributed by atoms with Crippen molar-refractivity contribution >= 4 is 104 Å². The Hall–Kier alpha value is -4.74. The number of rotatable bonds is 2. The molecule has 0 unspecified atom stereocenters. The molecule has 8 rings (SSSR count). The molecule has 2 aromatic heterocycles. The summed E-state index contributed by atoms with van der Waals surface area (Å²) in [7, 11) is 0. The molecule has 52 heavy (non-hydrogen) atoms. The van der Waals surface area contributed by atoms with Crippen LogP contribution in [0.4, 0.5) is 0 Å². The lowest BCUT2D eigenvalue weighted by atomic mass is 9.68. The molecule has 0 radical (unpaired) electrons. The van der Waals surface area contributed by atoms with Gasteiger partial charge in [0, 0.05) is 58.3 Å². The van der Waals surface area contributed by atoms with Gasteiger partial charge in [-0.15, -0.1) is 22.7 Å². The van der Waals surface area contributed by atoms with E-state index in [1.165, 1.54) is 58.1 Å². The average Bonchev–Trinajstić information content (AvgIpc) is 3.91. The average molecular weight is 793 g/mol. The Morgan fingerprint density at radius 2 is 0.942 bits per heavy atom. The molecule has 0 N–H and O–H groups in total. The number of hydrogen-bond acceptors (Lipinski definition) is 8. The first kappa shape index (κ1) is 34.4. The number of thiophene rings is 2. The molecule has 4 aliphatic rings. The van der Waals surface area contributed by atoms with Crippen LogP contribution in [0.2, 0.25) is 20.1 Å². The molecule has 12 heteroatoms. The summed E-state index contributed by atoms with van der Waals surface area (Å²) in [5, 5.41) is 40.2. The monoisotopic (exact) mass is 790 g/mol. The molecule has 1 spiro atoms. The highest BCUT2D eigenvalue weighted by molar-refractivity contribution is 7.23. The second-order valence-corrected chi connectivity index (χ2v) is 16.6. The minimum absolute atomic E-state index is 0.194. The molecule has 0 saturated heterocycles. The summed E-state index contributed by atoms with van der Waals surface area (Å²) in [5.41, 5.74) is 3.96. The van der Waals surface area contributed by atoms with Crippen LogP contribution >= 0.6 is 69.1 Å². The standard InChI is InChI=1S/C40H18Cl4N4O2S2/c41-30-10-22-24(12-32(30)43)36(49)26(34(22)18(14-45)15-46)6-20-8-28-38(51-20)39-29(40(28)4-2-1-3-5-40)9-21(52-39)7-27-35(19(16-47)17-48)23-11-31(42)33(44)13-25(23)37(27)50/h6-13H,1-5H2/b26-6-,27-7-. The van der Waals surface area contributed by atoms with Crippen molar-refractivity contribution in [3.8, 4) is 34.0 Å². The van der Waals surface area contributed by atoms with Gasteiger partial charge in [-0.1, -0.05) is 65.7 Å². The van der Waals surface area contributed by atoms with Crippen molar-refractivity contribution in [2.24, 2.45) is 0 Å². The smallest absolute Gasteiger partial charge is 0.194 e. The van der Waals surface area contributed by atoms with Gasteiger partial charge in [0.05, 0.1) is 20.1 Å². The number of Topliss-reactive ketones (excluding diaryl/α,β-unsaturated/α-hetero) is 2. The highest BCUT2D eigenvalue weighted by Gasteiger charge is 2.47. The molecule has 0 bridgehead atoms. The van der Waals surface area contributed by atoms with E-state index >= 15 is 0 Å². The van der Waals surface area contributed by atoms with E-state index < -0.39 is 0 Å². The van der Waals surface area contributed by atoms with Crippen LogP contribution in [0.1, 0.15) is 84.8 Å². The van der Waals surface area contributed by atoms with Crippen LogP contribution < -0.4 is 0 Å². The molecule has 2 heterocycles. The minimum atomic E-state index is -0.346. The Labute approximate surface area is 326 Å². The number of fused-ring (bicyclic) bond motifs is 7. The maximum atomic E-state index is 13.8. The third-order valence-corrected chi connectivity index (χ3v) is 13.9. The quantitative estimate of drug-likeness (QED) is 0.147. The second kappa shape index (κ2) is 12.7. The Morgan fingerprint density at radius 3 is 1.31 bits per heavy atom. The van der Waals surface area contributed by atoms with E-state index in [1.54, 1.807) is 12.2 Å². The van der Waals surface area contributed by atoms with E-state index in [2.05, 4.69) is 12.1 Å². The van der Waals surface area contributed by atoms with E-state index in [0.29, 0.717) is 11.1 Å². The van der Waals surface area contributed by atoms with Crippen LogP contribution in [-0.4, -0.2) is 11.6 Å². The summed E-state index contributed by atoms with van der Waals surface area (Å²) in [5.74, 6) is -0.693. The zero-order valence-corrected chi connectivity index (χ0v) is 31.2. The maximum Gasteiger partial charge on any atom is 0.194 e. The van der Waals surface area contributed by atoms with E-state index in [4.69, 9.17) is 46.4 Å².